The Bertz CT molecular complexity index is 529. The molecule has 2 bridgehead atoms. The van der Waals surface area contributed by atoms with E-state index in [1.54, 1.807) is 0 Å². The number of hydrogen-bond donors (Lipinski definition) is 0. The van der Waals surface area contributed by atoms with Gasteiger partial charge in [-0.1, -0.05) is 6.92 Å². The maximum Gasteiger partial charge on any atom is 0.169 e. The lowest BCUT2D eigenvalue weighted by molar-refractivity contribution is 0.212. The predicted molar refractivity (Wildman–Crippen MR) is 86.2 cm³/mol. The zero-order chi connectivity index (χ0) is 14.7. The summed E-state index contributed by atoms with van der Waals surface area (Å²) in [7, 11) is 2.22. The van der Waals surface area contributed by atoms with Gasteiger partial charge in [-0.2, -0.15) is 0 Å². The van der Waals surface area contributed by atoms with Gasteiger partial charge < -0.3 is 14.1 Å². The molecule has 1 atom stereocenters. The van der Waals surface area contributed by atoms with Gasteiger partial charge in [0.1, 0.15) is 5.58 Å². The van der Waals surface area contributed by atoms with Gasteiger partial charge in [-0.25, -0.2) is 0 Å². The van der Waals surface area contributed by atoms with Crippen LogP contribution in [0.3, 0.4) is 0 Å². The lowest BCUT2D eigenvalue weighted by Gasteiger charge is -2.16. The summed E-state index contributed by atoms with van der Waals surface area (Å²) in [4.78, 5) is 2.46. The molecule has 3 heteroatoms. The highest BCUT2D eigenvalue weighted by atomic mass is 16.5. The van der Waals surface area contributed by atoms with E-state index in [4.69, 9.17) is 9.15 Å². The minimum atomic E-state index is 0.427. The number of ether oxygens (including phenoxy) is 1. The van der Waals surface area contributed by atoms with Crippen LogP contribution >= 0.6 is 0 Å². The number of rotatable bonds is 3. The van der Waals surface area contributed by atoms with Crippen molar-refractivity contribution >= 4 is 11.2 Å². The number of nitrogens with zero attached hydrogens (tertiary/aromatic N) is 1. The highest BCUT2D eigenvalue weighted by Crippen LogP contribution is 2.32. The topological polar surface area (TPSA) is 25.6 Å². The predicted octanol–water partition coefficient (Wildman–Crippen LogP) is 4.68. The summed E-state index contributed by atoms with van der Waals surface area (Å²) in [6.07, 6.45) is 9.60. The van der Waals surface area contributed by atoms with Gasteiger partial charge in [0.05, 0.1) is 6.10 Å². The van der Waals surface area contributed by atoms with E-state index < -0.39 is 0 Å². The van der Waals surface area contributed by atoms with Crippen LogP contribution in [0.2, 0.25) is 0 Å². The third-order valence-corrected chi connectivity index (χ3v) is 4.88. The minimum Gasteiger partial charge on any atom is -0.486 e. The molecule has 0 spiro atoms. The Balaban J connectivity index is 0.000000143. The molecule has 2 aromatic rings. The van der Waals surface area contributed by atoms with E-state index in [1.165, 1.54) is 51.5 Å². The number of benzene rings is 1. The molecule has 1 saturated carbocycles. The van der Waals surface area contributed by atoms with E-state index in [2.05, 4.69) is 18.9 Å². The summed E-state index contributed by atoms with van der Waals surface area (Å²) < 4.78 is 11.2. The minimum absolute atomic E-state index is 0.427. The van der Waals surface area contributed by atoms with Crippen LogP contribution in [0.5, 0.6) is 5.75 Å². The van der Waals surface area contributed by atoms with Crippen LogP contribution in [-0.2, 0) is 0 Å². The van der Waals surface area contributed by atoms with Crippen molar-refractivity contribution in [3.8, 4) is 5.75 Å². The first kappa shape index (κ1) is 14.7. The molecule has 0 amide bonds. The smallest absolute Gasteiger partial charge is 0.169 e. The first-order chi connectivity index (χ1) is 10.3. The lowest BCUT2D eigenvalue weighted by atomic mass is 10.2. The molecule has 1 unspecified atom stereocenters. The van der Waals surface area contributed by atoms with Crippen molar-refractivity contribution in [1.29, 1.82) is 0 Å². The fourth-order valence-electron chi connectivity index (χ4n) is 3.54. The molecule has 21 heavy (non-hydrogen) atoms. The average molecular weight is 289 g/mol. The molecular weight excluding hydrogens is 262 g/mol. The third-order valence-electron chi connectivity index (χ3n) is 4.88. The van der Waals surface area contributed by atoms with E-state index in [9.17, 15) is 0 Å². The number of likely N-dealkylation sites (tertiary alicyclic amines) is 1. The third kappa shape index (κ3) is 3.52. The van der Waals surface area contributed by atoms with Gasteiger partial charge in [0.25, 0.3) is 0 Å². The van der Waals surface area contributed by atoms with Crippen molar-refractivity contribution in [2.24, 2.45) is 0 Å². The van der Waals surface area contributed by atoms with E-state index in [0.29, 0.717) is 6.10 Å². The SMILES string of the molecule is CCC1CCCN1C.c1cc2oc1cc2OC1CCCC1. The average Bonchev–Trinajstić information content (AvgIpc) is 3.23. The Morgan fingerprint density at radius 2 is 2.00 bits per heavy atom. The summed E-state index contributed by atoms with van der Waals surface area (Å²) in [6, 6.07) is 6.82. The Labute approximate surface area is 127 Å². The fourth-order valence-corrected chi connectivity index (χ4v) is 3.54. The first-order valence-electron chi connectivity index (χ1n) is 8.45. The van der Waals surface area contributed by atoms with Gasteiger partial charge in [-0.3, -0.25) is 0 Å². The number of furan rings is 2. The van der Waals surface area contributed by atoms with Crippen LogP contribution < -0.4 is 4.74 Å². The molecule has 2 aromatic heterocycles. The van der Waals surface area contributed by atoms with Crippen LogP contribution in [0.25, 0.3) is 11.2 Å². The summed E-state index contributed by atoms with van der Waals surface area (Å²) >= 11 is 0. The van der Waals surface area contributed by atoms with Crippen LogP contribution in [0, 0.1) is 0 Å². The van der Waals surface area contributed by atoms with Crippen molar-refractivity contribution in [1.82, 2.24) is 4.90 Å². The maximum atomic E-state index is 5.83. The van der Waals surface area contributed by atoms with E-state index in [1.807, 2.05) is 18.2 Å². The molecular formula is C18H27NO2. The van der Waals surface area contributed by atoms with Crippen LogP contribution in [-0.4, -0.2) is 30.6 Å². The van der Waals surface area contributed by atoms with E-state index >= 15 is 0 Å². The fraction of sp³-hybridized carbons (Fsp3) is 0.667. The highest BCUT2D eigenvalue weighted by Gasteiger charge is 2.19. The maximum absolute atomic E-state index is 5.83. The molecule has 2 aliphatic rings. The summed E-state index contributed by atoms with van der Waals surface area (Å²) in [5.74, 6) is 0.935. The summed E-state index contributed by atoms with van der Waals surface area (Å²) in [6.45, 7) is 3.59. The molecule has 1 aliphatic carbocycles. The summed E-state index contributed by atoms with van der Waals surface area (Å²) in [5, 5.41) is 0. The Morgan fingerprint density at radius 1 is 1.19 bits per heavy atom. The van der Waals surface area contributed by atoms with Crippen LogP contribution in [0.1, 0.15) is 51.9 Å². The molecule has 3 nitrogen and oxygen atoms in total. The van der Waals surface area contributed by atoms with Gasteiger partial charge in [0.15, 0.2) is 11.3 Å². The zero-order valence-electron chi connectivity index (χ0n) is 13.3. The lowest BCUT2D eigenvalue weighted by Crippen LogP contribution is -2.23. The van der Waals surface area contributed by atoms with Crippen molar-refractivity contribution in [3.05, 3.63) is 18.2 Å². The molecule has 0 aromatic carbocycles. The van der Waals surface area contributed by atoms with Crippen molar-refractivity contribution < 1.29 is 9.15 Å². The molecule has 1 saturated heterocycles. The molecule has 0 N–H and O–H groups in total. The molecule has 3 heterocycles. The Morgan fingerprint density at radius 3 is 2.48 bits per heavy atom. The molecule has 116 valence electrons. The van der Waals surface area contributed by atoms with Crippen LogP contribution in [0.4, 0.5) is 0 Å². The second-order valence-electron chi connectivity index (χ2n) is 6.42. The van der Waals surface area contributed by atoms with Crippen LogP contribution in [0.15, 0.2) is 22.6 Å². The number of fused-ring (bicyclic) bond motifs is 2. The standard InChI is InChI=1S/C11H12O2.C7H15N/c1-2-4-8(3-1)12-11-7-9-5-6-10(11)13-9;1-3-7-5-4-6-8(7)2/h5-8H,1-4H2;7H,3-6H2,1-2H3. The van der Waals surface area contributed by atoms with Gasteiger partial charge in [0, 0.05) is 12.1 Å². The second kappa shape index (κ2) is 6.69. The van der Waals surface area contributed by atoms with Gasteiger partial charge in [-0.15, -0.1) is 0 Å². The van der Waals surface area contributed by atoms with E-state index in [-0.39, 0.29) is 0 Å². The number of hydrogen-bond acceptors (Lipinski definition) is 3. The van der Waals surface area contributed by atoms with Crippen molar-refractivity contribution in [2.45, 2.75) is 64.0 Å². The highest BCUT2D eigenvalue weighted by molar-refractivity contribution is 5.69. The van der Waals surface area contributed by atoms with Gasteiger partial charge in [-0.05, 0) is 70.7 Å². The monoisotopic (exact) mass is 289 g/mol. The second-order valence-corrected chi connectivity index (χ2v) is 6.42. The molecule has 0 radical (unpaired) electrons. The van der Waals surface area contributed by atoms with E-state index in [0.717, 1.165) is 23.0 Å². The van der Waals surface area contributed by atoms with Crippen molar-refractivity contribution in [3.63, 3.8) is 0 Å². The zero-order valence-corrected chi connectivity index (χ0v) is 13.3. The van der Waals surface area contributed by atoms with Gasteiger partial charge in [0.2, 0.25) is 0 Å². The molecule has 1 aliphatic heterocycles. The Hall–Kier alpha value is -1.22. The quantitative estimate of drug-likeness (QED) is 0.820. The Kier molecular flexibility index (Phi) is 4.69. The van der Waals surface area contributed by atoms with Crippen molar-refractivity contribution in [2.75, 3.05) is 13.6 Å². The normalized spacial score (nSPS) is 23.6. The first-order valence-corrected chi connectivity index (χ1v) is 8.45. The summed E-state index contributed by atoms with van der Waals surface area (Å²) in [5.41, 5.74) is 1.81. The van der Waals surface area contributed by atoms with Gasteiger partial charge >= 0.3 is 0 Å². The molecule has 4 rings (SSSR count). The largest absolute Gasteiger partial charge is 0.486 e. The molecule has 2 fully saturated rings.